The highest BCUT2D eigenvalue weighted by Crippen LogP contribution is 2.18. The summed E-state index contributed by atoms with van der Waals surface area (Å²) in [6.07, 6.45) is 6.47. The highest BCUT2D eigenvalue weighted by atomic mass is 35.5. The van der Waals surface area contributed by atoms with Gasteiger partial charge in [-0.25, -0.2) is 0 Å². The fourth-order valence-electron chi connectivity index (χ4n) is 1.27. The van der Waals surface area contributed by atoms with Crippen molar-refractivity contribution in [2.75, 3.05) is 0 Å². The lowest BCUT2D eigenvalue weighted by atomic mass is 9.97. The van der Waals surface area contributed by atoms with Gasteiger partial charge in [0.05, 0.1) is 0 Å². The lowest BCUT2D eigenvalue weighted by Gasteiger charge is -2.10. The van der Waals surface area contributed by atoms with Crippen LogP contribution in [0, 0.1) is 5.92 Å². The van der Waals surface area contributed by atoms with Crippen LogP contribution in [0.15, 0.2) is 0 Å². The maximum atomic E-state index is 10.9. The molecule has 72 valence electrons. The van der Waals surface area contributed by atoms with Crippen molar-refractivity contribution in [3.63, 3.8) is 0 Å². The van der Waals surface area contributed by atoms with E-state index in [1.54, 1.807) is 0 Å². The molecule has 0 aliphatic carbocycles. The standard InChI is InChI=1S/C10H19ClO/c1-3-5-7-9(10(11)12)8-6-4-2/h9H,3-8H2,1-2H3. The van der Waals surface area contributed by atoms with Gasteiger partial charge in [-0.3, -0.25) is 4.79 Å². The van der Waals surface area contributed by atoms with E-state index in [-0.39, 0.29) is 11.2 Å². The molecule has 0 aromatic carbocycles. The first-order chi connectivity index (χ1) is 5.72. The normalized spacial score (nSPS) is 10.7. The van der Waals surface area contributed by atoms with E-state index in [4.69, 9.17) is 11.6 Å². The van der Waals surface area contributed by atoms with E-state index in [0.29, 0.717) is 0 Å². The summed E-state index contributed by atoms with van der Waals surface area (Å²) in [7, 11) is 0. The first-order valence-corrected chi connectivity index (χ1v) is 5.29. The fraction of sp³-hybridized carbons (Fsp3) is 0.900. The second-order valence-corrected chi connectivity index (χ2v) is 3.66. The number of carbonyl (C=O) groups excluding carboxylic acids is 1. The van der Waals surface area contributed by atoms with E-state index in [1.807, 2.05) is 0 Å². The topological polar surface area (TPSA) is 17.1 Å². The number of unbranched alkanes of at least 4 members (excludes halogenated alkanes) is 2. The van der Waals surface area contributed by atoms with Gasteiger partial charge in [0.15, 0.2) is 0 Å². The number of carbonyl (C=O) groups is 1. The molecule has 0 saturated carbocycles. The SMILES string of the molecule is CCCCC(CCCC)C(=O)Cl. The molecule has 0 saturated heterocycles. The van der Waals surface area contributed by atoms with Gasteiger partial charge in [0.1, 0.15) is 0 Å². The van der Waals surface area contributed by atoms with Gasteiger partial charge in [-0.05, 0) is 24.4 Å². The Labute approximate surface area is 80.5 Å². The van der Waals surface area contributed by atoms with Crippen LogP contribution in [0.5, 0.6) is 0 Å². The maximum Gasteiger partial charge on any atom is 0.224 e. The van der Waals surface area contributed by atoms with Crippen LogP contribution in [-0.4, -0.2) is 5.24 Å². The van der Waals surface area contributed by atoms with E-state index >= 15 is 0 Å². The van der Waals surface area contributed by atoms with Gasteiger partial charge in [-0.1, -0.05) is 39.5 Å². The van der Waals surface area contributed by atoms with E-state index < -0.39 is 0 Å². The second kappa shape index (κ2) is 7.60. The van der Waals surface area contributed by atoms with E-state index in [2.05, 4.69) is 13.8 Å². The van der Waals surface area contributed by atoms with Gasteiger partial charge < -0.3 is 0 Å². The first-order valence-electron chi connectivity index (χ1n) is 4.91. The molecular weight excluding hydrogens is 172 g/mol. The largest absolute Gasteiger partial charge is 0.281 e. The molecule has 0 aliphatic rings. The fourth-order valence-corrected chi connectivity index (χ4v) is 1.49. The average Bonchev–Trinajstić information content (AvgIpc) is 2.04. The van der Waals surface area contributed by atoms with Crippen molar-refractivity contribution < 1.29 is 4.79 Å². The Morgan fingerprint density at radius 2 is 1.58 bits per heavy atom. The molecule has 0 unspecified atom stereocenters. The van der Waals surface area contributed by atoms with Crippen LogP contribution in [0.2, 0.25) is 0 Å². The molecule has 0 aromatic rings. The summed E-state index contributed by atoms with van der Waals surface area (Å²) in [6.45, 7) is 4.27. The van der Waals surface area contributed by atoms with Crippen LogP contribution >= 0.6 is 11.6 Å². The molecule has 0 rings (SSSR count). The predicted octanol–water partition coefficient (Wildman–Crippen LogP) is 3.75. The molecule has 2 heteroatoms. The molecule has 0 bridgehead atoms. The molecule has 0 N–H and O–H groups in total. The lowest BCUT2D eigenvalue weighted by molar-refractivity contribution is -0.115. The van der Waals surface area contributed by atoms with Gasteiger partial charge in [0.25, 0.3) is 0 Å². The van der Waals surface area contributed by atoms with Crippen molar-refractivity contribution in [1.29, 1.82) is 0 Å². The Morgan fingerprint density at radius 1 is 1.17 bits per heavy atom. The van der Waals surface area contributed by atoms with Crippen LogP contribution in [0.3, 0.4) is 0 Å². The predicted molar refractivity (Wildman–Crippen MR) is 53.4 cm³/mol. The van der Waals surface area contributed by atoms with Gasteiger partial charge in [-0.2, -0.15) is 0 Å². The third-order valence-electron chi connectivity index (χ3n) is 2.13. The maximum absolute atomic E-state index is 10.9. The smallest absolute Gasteiger partial charge is 0.224 e. The molecular formula is C10H19ClO. The zero-order valence-electron chi connectivity index (χ0n) is 8.11. The highest BCUT2D eigenvalue weighted by molar-refractivity contribution is 6.63. The second-order valence-electron chi connectivity index (χ2n) is 3.29. The van der Waals surface area contributed by atoms with E-state index in [0.717, 1.165) is 38.5 Å². The van der Waals surface area contributed by atoms with Gasteiger partial charge >= 0.3 is 0 Å². The van der Waals surface area contributed by atoms with Crippen LogP contribution in [0.1, 0.15) is 52.4 Å². The number of halogens is 1. The quantitative estimate of drug-likeness (QED) is 0.559. The Morgan fingerprint density at radius 3 is 1.83 bits per heavy atom. The van der Waals surface area contributed by atoms with Crippen molar-refractivity contribution in [3.8, 4) is 0 Å². The van der Waals surface area contributed by atoms with Crippen LogP contribution in [-0.2, 0) is 4.79 Å². The number of rotatable bonds is 7. The highest BCUT2D eigenvalue weighted by Gasteiger charge is 2.14. The van der Waals surface area contributed by atoms with Crippen molar-refractivity contribution in [3.05, 3.63) is 0 Å². The third-order valence-corrected chi connectivity index (χ3v) is 2.44. The zero-order valence-corrected chi connectivity index (χ0v) is 8.86. The van der Waals surface area contributed by atoms with Crippen molar-refractivity contribution in [2.24, 2.45) is 5.92 Å². The van der Waals surface area contributed by atoms with Crippen LogP contribution in [0.4, 0.5) is 0 Å². The molecule has 0 amide bonds. The molecule has 0 atom stereocenters. The van der Waals surface area contributed by atoms with Gasteiger partial charge in [0, 0.05) is 5.92 Å². The van der Waals surface area contributed by atoms with Crippen LogP contribution in [0.25, 0.3) is 0 Å². The van der Waals surface area contributed by atoms with E-state index in [9.17, 15) is 4.79 Å². The average molecular weight is 191 g/mol. The Kier molecular flexibility index (Phi) is 7.58. The van der Waals surface area contributed by atoms with Gasteiger partial charge in [-0.15, -0.1) is 0 Å². The minimum atomic E-state index is -0.142. The summed E-state index contributed by atoms with van der Waals surface area (Å²) < 4.78 is 0. The molecule has 1 nitrogen and oxygen atoms in total. The molecule has 0 heterocycles. The zero-order chi connectivity index (χ0) is 9.40. The van der Waals surface area contributed by atoms with Crippen molar-refractivity contribution >= 4 is 16.8 Å². The van der Waals surface area contributed by atoms with Crippen molar-refractivity contribution in [1.82, 2.24) is 0 Å². The summed E-state index contributed by atoms with van der Waals surface area (Å²) in [4.78, 5) is 10.9. The Hall–Kier alpha value is -0.0400. The summed E-state index contributed by atoms with van der Waals surface area (Å²) >= 11 is 5.48. The molecule has 0 fully saturated rings. The monoisotopic (exact) mass is 190 g/mol. The third kappa shape index (κ3) is 5.59. The minimum absolute atomic E-state index is 0.117. The van der Waals surface area contributed by atoms with Crippen LogP contribution < -0.4 is 0 Å². The Bertz CT molecular complexity index is 115. The summed E-state index contributed by atoms with van der Waals surface area (Å²) in [5, 5.41) is -0.142. The summed E-state index contributed by atoms with van der Waals surface area (Å²) in [5.74, 6) is 0.117. The first kappa shape index (κ1) is 12.0. The number of hydrogen-bond donors (Lipinski definition) is 0. The van der Waals surface area contributed by atoms with E-state index in [1.165, 1.54) is 0 Å². The molecule has 0 spiro atoms. The number of hydrogen-bond acceptors (Lipinski definition) is 1. The molecule has 0 aromatic heterocycles. The lowest BCUT2D eigenvalue weighted by Crippen LogP contribution is -2.08. The summed E-state index contributed by atoms with van der Waals surface area (Å²) in [6, 6.07) is 0. The molecule has 0 aliphatic heterocycles. The van der Waals surface area contributed by atoms with Gasteiger partial charge in [0.2, 0.25) is 5.24 Å². The molecule has 0 radical (unpaired) electrons. The minimum Gasteiger partial charge on any atom is -0.281 e. The summed E-state index contributed by atoms with van der Waals surface area (Å²) in [5.41, 5.74) is 0. The Balaban J connectivity index is 3.62. The van der Waals surface area contributed by atoms with Crippen molar-refractivity contribution in [2.45, 2.75) is 52.4 Å². The molecule has 12 heavy (non-hydrogen) atoms.